The summed E-state index contributed by atoms with van der Waals surface area (Å²) in [5, 5.41) is 23.9. The number of rotatable bonds is 5. The Hall–Kier alpha value is 0.220. The molecule has 0 amide bonds. The van der Waals surface area contributed by atoms with Gasteiger partial charge in [-0.15, -0.1) is 9.35 Å². The van der Waals surface area contributed by atoms with E-state index in [4.69, 9.17) is 15.8 Å². The maximum atomic E-state index is 10.9. The molecule has 0 saturated carbocycles. The molecule has 0 aromatic carbocycles. The van der Waals surface area contributed by atoms with Crippen LogP contribution in [0.15, 0.2) is 0 Å². The molecule has 0 fully saturated rings. The van der Waals surface area contributed by atoms with Gasteiger partial charge in [0.2, 0.25) is 7.37 Å². The van der Waals surface area contributed by atoms with Crippen LogP contribution in [0.4, 0.5) is 0 Å². The van der Waals surface area contributed by atoms with Crippen LogP contribution in [0.2, 0.25) is 0 Å². The van der Waals surface area contributed by atoms with Crippen LogP contribution in [0.1, 0.15) is 0 Å². The molecule has 10 heteroatoms. The van der Waals surface area contributed by atoms with Gasteiger partial charge in [-0.05, 0) is 0 Å². The molecule has 3 N–H and O–H groups in total. The summed E-state index contributed by atoms with van der Waals surface area (Å²) in [6.45, 7) is 0.914. The van der Waals surface area contributed by atoms with Crippen LogP contribution in [0, 0.1) is 0 Å². The molecule has 74 valence electrons. The Kier molecular flexibility index (Phi) is 4.54. The first-order valence-corrected chi connectivity index (χ1v) is 6.53. The summed E-state index contributed by atoms with van der Waals surface area (Å²) in [6.07, 6.45) is 0. The summed E-state index contributed by atoms with van der Waals surface area (Å²) in [5.74, 6) is -0.941. The molecule has 0 aromatic rings. The van der Waals surface area contributed by atoms with Gasteiger partial charge in [-0.2, -0.15) is 4.67 Å². The van der Waals surface area contributed by atoms with Crippen molar-refractivity contribution in [1.82, 2.24) is 0 Å². The minimum Gasteiger partial charge on any atom is -0.290 e. The predicted molar refractivity (Wildman–Crippen MR) is 37.1 cm³/mol. The molecule has 12 heavy (non-hydrogen) atoms. The zero-order valence-electron chi connectivity index (χ0n) is 5.98. The molecule has 0 saturated heterocycles. The lowest BCUT2D eigenvalue weighted by Gasteiger charge is -2.12. The smallest absolute Gasteiger partial charge is 0.290 e. The lowest BCUT2D eigenvalue weighted by molar-refractivity contribution is -0.207. The minimum atomic E-state index is -4.26. The van der Waals surface area contributed by atoms with E-state index in [1.54, 1.807) is 0 Å². The molecule has 0 aliphatic carbocycles. The molecule has 0 aliphatic rings. The third-order valence-electron chi connectivity index (χ3n) is 0.852. The number of hydrogen-bond acceptors (Lipinski definition) is 8. The Morgan fingerprint density at radius 3 is 1.75 bits per heavy atom. The third kappa shape index (κ3) is 3.75. The second-order valence-corrected chi connectivity index (χ2v) is 6.88. The molecule has 0 rings (SSSR count). The van der Waals surface area contributed by atoms with E-state index >= 15 is 0 Å². The highest BCUT2D eigenvalue weighted by atomic mass is 31.2. The van der Waals surface area contributed by atoms with Crippen LogP contribution in [-0.4, -0.2) is 28.3 Å². The fourth-order valence-corrected chi connectivity index (χ4v) is 3.57. The molecule has 1 atom stereocenters. The Balaban J connectivity index is 4.42. The fraction of sp³-hybridized carbons (Fsp3) is 1.00. The van der Waals surface area contributed by atoms with E-state index in [1.165, 1.54) is 0 Å². The van der Waals surface area contributed by atoms with Gasteiger partial charge >= 0.3 is 7.60 Å². The van der Waals surface area contributed by atoms with Crippen molar-refractivity contribution in [3.63, 3.8) is 0 Å². The fourth-order valence-electron chi connectivity index (χ4n) is 0.407. The maximum Gasteiger partial charge on any atom is 0.393 e. The van der Waals surface area contributed by atoms with Crippen molar-refractivity contribution in [1.29, 1.82) is 0 Å². The van der Waals surface area contributed by atoms with Gasteiger partial charge in [0.15, 0.2) is 0 Å². The van der Waals surface area contributed by atoms with E-state index in [-0.39, 0.29) is 0 Å². The van der Waals surface area contributed by atoms with Crippen LogP contribution in [0.25, 0.3) is 0 Å². The van der Waals surface area contributed by atoms with Crippen molar-refractivity contribution in [3.8, 4) is 0 Å². The van der Waals surface area contributed by atoms with E-state index < -0.39 is 20.9 Å². The zero-order chi connectivity index (χ0) is 9.83. The molecule has 0 aromatic heterocycles. The van der Waals surface area contributed by atoms with Gasteiger partial charge in [0, 0.05) is 6.66 Å². The average molecular weight is 222 g/mol. The van der Waals surface area contributed by atoms with Gasteiger partial charge < -0.3 is 0 Å². The second kappa shape index (κ2) is 4.45. The average Bonchev–Trinajstić information content (AvgIpc) is 2.04. The van der Waals surface area contributed by atoms with Crippen molar-refractivity contribution < 1.29 is 38.9 Å². The lowest BCUT2D eigenvalue weighted by atomic mass is 11.9. The van der Waals surface area contributed by atoms with E-state index in [0.717, 1.165) is 6.66 Å². The van der Waals surface area contributed by atoms with E-state index in [9.17, 15) is 9.13 Å². The van der Waals surface area contributed by atoms with Gasteiger partial charge in [-0.25, -0.2) is 15.8 Å². The topological polar surface area (TPSA) is 123 Å². The summed E-state index contributed by atoms with van der Waals surface area (Å²) in [6, 6.07) is 0. The third-order valence-corrected chi connectivity index (χ3v) is 5.14. The predicted octanol–water partition coefficient (Wildman–Crippen LogP) is 1.51. The summed E-state index contributed by atoms with van der Waals surface area (Å²) in [5.41, 5.74) is 0. The minimum absolute atomic E-state index is 0.914. The molecular formula is C2H8O8P2. The van der Waals surface area contributed by atoms with E-state index in [0.29, 0.717) is 0 Å². The van der Waals surface area contributed by atoms with Crippen molar-refractivity contribution in [3.05, 3.63) is 0 Å². The van der Waals surface area contributed by atoms with Crippen LogP contribution in [0.3, 0.4) is 0 Å². The van der Waals surface area contributed by atoms with Gasteiger partial charge in [0.1, 0.15) is 5.90 Å². The Morgan fingerprint density at radius 1 is 1.08 bits per heavy atom. The van der Waals surface area contributed by atoms with Crippen LogP contribution in [-0.2, 0) is 23.2 Å². The summed E-state index contributed by atoms with van der Waals surface area (Å²) >= 11 is 0. The molecular weight excluding hydrogens is 214 g/mol. The summed E-state index contributed by atoms with van der Waals surface area (Å²) in [4.78, 5) is 0. The highest BCUT2D eigenvalue weighted by Crippen LogP contribution is 2.60. The number of hydrogen-bond donors (Lipinski definition) is 3. The first-order valence-electron chi connectivity index (χ1n) is 2.54. The molecule has 1 unspecified atom stereocenters. The van der Waals surface area contributed by atoms with Gasteiger partial charge in [0.25, 0.3) is 0 Å². The SMILES string of the molecule is CP(=O)(CP(=O)(OO)OO)OO. The molecule has 0 spiro atoms. The van der Waals surface area contributed by atoms with Gasteiger partial charge in [-0.3, -0.25) is 9.13 Å². The van der Waals surface area contributed by atoms with Gasteiger partial charge in [-0.1, -0.05) is 0 Å². The largest absolute Gasteiger partial charge is 0.393 e. The first-order chi connectivity index (χ1) is 5.39. The Morgan fingerprint density at radius 2 is 1.50 bits per heavy atom. The summed E-state index contributed by atoms with van der Waals surface area (Å²) in [7, 11) is -7.86. The molecule has 8 nitrogen and oxygen atoms in total. The normalized spacial score (nSPS) is 17.3. The standard InChI is InChI=1S/C2H8O8P2/c1-11(6,8-3)2-12(7,9-4)10-5/h3-5H,2H2,1H3. The van der Waals surface area contributed by atoms with Crippen molar-refractivity contribution in [2.24, 2.45) is 0 Å². The first kappa shape index (κ1) is 12.2. The van der Waals surface area contributed by atoms with Crippen molar-refractivity contribution in [2.75, 3.05) is 12.6 Å². The van der Waals surface area contributed by atoms with Crippen LogP contribution >= 0.6 is 15.0 Å². The highest BCUT2D eigenvalue weighted by Gasteiger charge is 2.35. The maximum absolute atomic E-state index is 10.9. The van der Waals surface area contributed by atoms with Gasteiger partial charge in [0.05, 0.1) is 0 Å². The molecule has 0 aliphatic heterocycles. The van der Waals surface area contributed by atoms with E-state index in [2.05, 4.69) is 14.0 Å². The lowest BCUT2D eigenvalue weighted by Crippen LogP contribution is -1.97. The molecule has 0 heterocycles. The quantitative estimate of drug-likeness (QED) is 0.363. The monoisotopic (exact) mass is 222 g/mol. The summed E-state index contributed by atoms with van der Waals surface area (Å²) < 4.78 is 31.6. The Labute approximate surface area is 67.5 Å². The van der Waals surface area contributed by atoms with Crippen molar-refractivity contribution in [2.45, 2.75) is 0 Å². The highest BCUT2D eigenvalue weighted by molar-refractivity contribution is 7.73. The molecule has 0 radical (unpaired) electrons. The van der Waals surface area contributed by atoms with Crippen LogP contribution in [0.5, 0.6) is 0 Å². The van der Waals surface area contributed by atoms with Crippen LogP contribution < -0.4 is 0 Å². The zero-order valence-corrected chi connectivity index (χ0v) is 7.77. The van der Waals surface area contributed by atoms with Crippen molar-refractivity contribution >= 4 is 15.0 Å². The second-order valence-electron chi connectivity index (χ2n) is 2.01. The Bertz CT molecular complexity index is 215. The molecule has 0 bridgehead atoms. The van der Waals surface area contributed by atoms with E-state index in [1.807, 2.05) is 0 Å².